The van der Waals surface area contributed by atoms with Crippen molar-refractivity contribution < 1.29 is 33.4 Å². The standard InChI is InChI=1S/C18H28N6O4.C10H21N3O3.CH4/c1-18(2,3)28-17(27)23-12(15(19)26)6-4-8-20-14(25)10-24-11-22-16-13(24)7-5-9-21-16;1-10(2,3)16-9(15)13-7(8(12)14)5-4-6-11;/h5,7,9,11-13,16H,4,6,8,10H2,1-3H3,(H2,19,26)(H,20,25)(H,23,27);7H,4-6,11H2,1-3H3,(H2,12,14)(H,13,15);1H4. The number of carbonyl (C=O) groups excluding carboxylic acids is 5. The van der Waals surface area contributed by atoms with Crippen molar-refractivity contribution in [2.45, 2.75) is 110 Å². The first kappa shape index (κ1) is 40.8. The van der Waals surface area contributed by atoms with Crippen LogP contribution in [-0.4, -0.2) is 102 Å². The van der Waals surface area contributed by atoms with Gasteiger partial charge in [-0.1, -0.05) is 13.5 Å². The number of nitrogens with one attached hydrogen (secondary N) is 3. The fourth-order valence-corrected chi connectivity index (χ4v) is 3.82. The minimum absolute atomic E-state index is 0. The Labute approximate surface area is 266 Å². The van der Waals surface area contributed by atoms with Gasteiger partial charge in [-0.3, -0.25) is 19.4 Å². The maximum atomic E-state index is 12.1. The maximum absolute atomic E-state index is 12.1. The molecule has 16 nitrogen and oxygen atoms in total. The first-order chi connectivity index (χ1) is 20.4. The molecule has 0 saturated carbocycles. The lowest BCUT2D eigenvalue weighted by molar-refractivity contribution is -0.121. The number of alkyl carbamates (subject to hydrolysis) is 2. The zero-order chi connectivity index (χ0) is 33.5. The molecule has 16 heteroatoms. The molecule has 45 heavy (non-hydrogen) atoms. The predicted molar refractivity (Wildman–Crippen MR) is 172 cm³/mol. The van der Waals surface area contributed by atoms with E-state index in [9.17, 15) is 24.0 Å². The number of rotatable bonds is 13. The summed E-state index contributed by atoms with van der Waals surface area (Å²) in [6.07, 6.45) is 7.39. The van der Waals surface area contributed by atoms with Crippen LogP contribution in [0, 0.1) is 0 Å². The highest BCUT2D eigenvalue weighted by atomic mass is 16.6. The number of aliphatic imine (C=N–C) groups is 2. The van der Waals surface area contributed by atoms with Crippen molar-refractivity contribution in [3.8, 4) is 0 Å². The monoisotopic (exact) mass is 639 g/mol. The molecule has 0 saturated heterocycles. The molecule has 4 unspecified atom stereocenters. The SMILES string of the molecule is C.CC(C)(C)OC(=O)NC(CCCN)C(N)=O.CC(C)(C)OC(=O)NC(CCCNC(=O)CN1C=NC2N=CC=CC21)C(N)=O. The van der Waals surface area contributed by atoms with Gasteiger partial charge in [0, 0.05) is 12.8 Å². The summed E-state index contributed by atoms with van der Waals surface area (Å²) in [7, 11) is 0. The second kappa shape index (κ2) is 19.2. The second-order valence-electron chi connectivity index (χ2n) is 12.1. The van der Waals surface area contributed by atoms with Gasteiger partial charge >= 0.3 is 12.2 Å². The normalized spacial score (nSPS) is 17.8. The minimum Gasteiger partial charge on any atom is -0.444 e. The lowest BCUT2D eigenvalue weighted by atomic mass is 10.1. The fourth-order valence-electron chi connectivity index (χ4n) is 3.82. The maximum Gasteiger partial charge on any atom is 0.408 e. The molecule has 2 aliphatic rings. The summed E-state index contributed by atoms with van der Waals surface area (Å²) < 4.78 is 10.1. The van der Waals surface area contributed by atoms with E-state index < -0.39 is 47.3 Å². The van der Waals surface area contributed by atoms with E-state index >= 15 is 0 Å². The number of nitrogens with zero attached hydrogens (tertiary/aromatic N) is 3. The molecular formula is C29H53N9O7. The van der Waals surface area contributed by atoms with Crippen LogP contribution in [0.1, 0.15) is 74.7 Å². The van der Waals surface area contributed by atoms with E-state index in [1.165, 1.54) is 0 Å². The predicted octanol–water partition coefficient (Wildman–Crippen LogP) is 0.681. The Kier molecular flexibility index (Phi) is 17.4. The minimum atomic E-state index is -0.858. The van der Waals surface area contributed by atoms with Gasteiger partial charge in [-0.25, -0.2) is 14.6 Å². The molecule has 4 atom stereocenters. The zero-order valence-corrected chi connectivity index (χ0v) is 26.5. The Morgan fingerprint density at radius 1 is 0.867 bits per heavy atom. The Bertz CT molecular complexity index is 1080. The van der Waals surface area contributed by atoms with E-state index in [2.05, 4.69) is 25.9 Å². The average Bonchev–Trinajstić information content (AvgIpc) is 3.29. The molecule has 2 aliphatic heterocycles. The highest BCUT2D eigenvalue weighted by Gasteiger charge is 2.30. The van der Waals surface area contributed by atoms with Crippen molar-refractivity contribution >= 4 is 42.5 Å². The Morgan fingerprint density at radius 3 is 1.84 bits per heavy atom. The molecule has 0 aliphatic carbocycles. The number of dihydropyridines is 1. The van der Waals surface area contributed by atoms with E-state index in [1.807, 2.05) is 17.1 Å². The molecule has 9 N–H and O–H groups in total. The van der Waals surface area contributed by atoms with Crippen molar-refractivity contribution in [1.29, 1.82) is 0 Å². The van der Waals surface area contributed by atoms with Gasteiger partial charge < -0.3 is 47.5 Å². The van der Waals surface area contributed by atoms with Gasteiger partial charge in [-0.15, -0.1) is 0 Å². The largest absolute Gasteiger partial charge is 0.444 e. The van der Waals surface area contributed by atoms with Gasteiger partial charge in [-0.05, 0) is 79.8 Å². The Hall–Kier alpha value is -4.21. The first-order valence-electron chi connectivity index (χ1n) is 14.4. The molecular weight excluding hydrogens is 586 g/mol. The van der Waals surface area contributed by atoms with Gasteiger partial charge in [-0.2, -0.15) is 0 Å². The van der Waals surface area contributed by atoms with Crippen LogP contribution in [0.5, 0.6) is 0 Å². The lowest BCUT2D eigenvalue weighted by Gasteiger charge is -2.24. The van der Waals surface area contributed by atoms with Crippen LogP contribution in [-0.2, 0) is 23.9 Å². The van der Waals surface area contributed by atoms with Crippen LogP contribution in [0.15, 0.2) is 22.1 Å². The number of primary amides is 2. The number of fused-ring (bicyclic) bond motifs is 1. The van der Waals surface area contributed by atoms with E-state index in [1.54, 1.807) is 54.1 Å². The number of ether oxygens (including phenoxy) is 2. The number of amides is 5. The van der Waals surface area contributed by atoms with E-state index in [0.717, 1.165) is 0 Å². The van der Waals surface area contributed by atoms with Crippen LogP contribution in [0.25, 0.3) is 0 Å². The number of nitrogens with two attached hydrogens (primary N) is 3. The van der Waals surface area contributed by atoms with E-state index in [4.69, 9.17) is 26.7 Å². The Morgan fingerprint density at radius 2 is 1.38 bits per heavy atom. The first-order valence-corrected chi connectivity index (χ1v) is 14.4. The molecule has 0 aromatic heterocycles. The molecule has 0 aromatic rings. The topological polar surface area (TPSA) is 246 Å². The molecule has 2 rings (SSSR count). The van der Waals surface area contributed by atoms with Gasteiger partial charge in [0.15, 0.2) is 6.17 Å². The van der Waals surface area contributed by atoms with Crippen LogP contribution >= 0.6 is 0 Å². The smallest absolute Gasteiger partial charge is 0.408 e. The third-order valence-electron chi connectivity index (χ3n) is 5.77. The Balaban J connectivity index is 0.000000978. The quantitative estimate of drug-likeness (QED) is 0.155. The molecule has 256 valence electrons. The molecule has 5 amide bonds. The fraction of sp³-hybridized carbons (Fsp3) is 0.690. The highest BCUT2D eigenvalue weighted by molar-refractivity contribution is 5.85. The lowest BCUT2D eigenvalue weighted by Crippen LogP contribution is -2.46. The number of allylic oxidation sites excluding steroid dienone is 1. The van der Waals surface area contributed by atoms with Crippen molar-refractivity contribution in [1.82, 2.24) is 20.9 Å². The summed E-state index contributed by atoms with van der Waals surface area (Å²) in [5.41, 5.74) is 14.5. The van der Waals surface area contributed by atoms with Crippen molar-refractivity contribution in [3.63, 3.8) is 0 Å². The molecule has 0 bridgehead atoms. The summed E-state index contributed by atoms with van der Waals surface area (Å²) >= 11 is 0. The third kappa shape index (κ3) is 17.6. The number of carbonyl (C=O) groups is 5. The molecule has 2 heterocycles. The van der Waals surface area contributed by atoms with Crippen molar-refractivity contribution in [2.75, 3.05) is 19.6 Å². The van der Waals surface area contributed by atoms with Crippen LogP contribution in [0.3, 0.4) is 0 Å². The summed E-state index contributed by atoms with van der Waals surface area (Å²) in [6, 6.07) is -1.62. The second-order valence-corrected chi connectivity index (χ2v) is 12.1. The number of hydrogen-bond acceptors (Lipinski definition) is 11. The van der Waals surface area contributed by atoms with Crippen molar-refractivity contribution in [2.24, 2.45) is 27.2 Å². The summed E-state index contributed by atoms with van der Waals surface area (Å²) in [4.78, 5) is 68.1. The molecule has 0 radical (unpaired) electrons. The van der Waals surface area contributed by atoms with Gasteiger partial charge in [0.2, 0.25) is 17.7 Å². The van der Waals surface area contributed by atoms with Crippen molar-refractivity contribution in [3.05, 3.63) is 12.2 Å². The van der Waals surface area contributed by atoms with E-state index in [-0.39, 0.29) is 32.1 Å². The summed E-state index contributed by atoms with van der Waals surface area (Å²) in [6.45, 7) is 11.4. The summed E-state index contributed by atoms with van der Waals surface area (Å²) in [5, 5.41) is 7.66. The molecule has 0 spiro atoms. The highest BCUT2D eigenvalue weighted by Crippen LogP contribution is 2.18. The van der Waals surface area contributed by atoms with Gasteiger partial charge in [0.25, 0.3) is 0 Å². The third-order valence-corrected chi connectivity index (χ3v) is 5.77. The average molecular weight is 640 g/mol. The summed E-state index contributed by atoms with van der Waals surface area (Å²) in [5.74, 6) is -1.40. The van der Waals surface area contributed by atoms with Crippen LogP contribution in [0.4, 0.5) is 9.59 Å². The number of hydrogen-bond donors (Lipinski definition) is 6. The molecule has 0 aromatic carbocycles. The molecule has 0 fully saturated rings. The zero-order valence-electron chi connectivity index (χ0n) is 26.5. The van der Waals surface area contributed by atoms with Gasteiger partial charge in [0.1, 0.15) is 23.3 Å². The van der Waals surface area contributed by atoms with Gasteiger partial charge in [0.05, 0.1) is 18.9 Å². The van der Waals surface area contributed by atoms with E-state index in [0.29, 0.717) is 38.8 Å². The van der Waals surface area contributed by atoms with Crippen LogP contribution < -0.4 is 33.2 Å². The van der Waals surface area contributed by atoms with Crippen LogP contribution in [0.2, 0.25) is 0 Å².